The van der Waals surface area contributed by atoms with Crippen LogP contribution in [0.4, 0.5) is 5.69 Å². The molecule has 1 saturated heterocycles. The minimum absolute atomic E-state index is 0.0325. The van der Waals surface area contributed by atoms with E-state index in [0.717, 1.165) is 19.4 Å². The fraction of sp³-hybridized carbons (Fsp3) is 0.429. The van der Waals surface area contributed by atoms with Gasteiger partial charge in [-0.05, 0) is 37.6 Å². The number of hydrogen-bond donors (Lipinski definition) is 1. The van der Waals surface area contributed by atoms with Crippen molar-refractivity contribution in [2.45, 2.75) is 25.8 Å². The number of anilines is 1. The van der Waals surface area contributed by atoms with Crippen molar-refractivity contribution in [3.8, 4) is 6.07 Å². The normalized spacial score (nSPS) is 19.3. The fourth-order valence-electron chi connectivity index (χ4n) is 2.34. The molecule has 0 aliphatic carbocycles. The van der Waals surface area contributed by atoms with Crippen LogP contribution < -0.4 is 10.2 Å². The van der Waals surface area contributed by atoms with Gasteiger partial charge in [0.25, 0.3) is 0 Å². The Kier molecular flexibility index (Phi) is 4.41. The molecule has 2 rings (SSSR count). The van der Waals surface area contributed by atoms with Gasteiger partial charge in [-0.2, -0.15) is 5.26 Å². The molecule has 1 N–H and O–H groups in total. The van der Waals surface area contributed by atoms with Crippen molar-refractivity contribution < 1.29 is 4.79 Å². The van der Waals surface area contributed by atoms with Crippen molar-refractivity contribution >= 4 is 23.2 Å². The molecule has 1 heterocycles. The molecule has 1 fully saturated rings. The van der Waals surface area contributed by atoms with E-state index in [2.05, 4.69) is 11.4 Å². The summed E-state index contributed by atoms with van der Waals surface area (Å²) < 4.78 is 0. The van der Waals surface area contributed by atoms with Crippen molar-refractivity contribution in [3.05, 3.63) is 28.8 Å². The zero-order chi connectivity index (χ0) is 13.8. The quantitative estimate of drug-likeness (QED) is 0.922. The Bertz CT molecular complexity index is 522. The largest absolute Gasteiger partial charge is 0.310 e. The second-order valence-electron chi connectivity index (χ2n) is 4.52. The van der Waals surface area contributed by atoms with Crippen molar-refractivity contribution in [1.29, 1.82) is 5.26 Å². The summed E-state index contributed by atoms with van der Waals surface area (Å²) in [6.07, 6.45) is 1.77. The summed E-state index contributed by atoms with van der Waals surface area (Å²) in [5.41, 5.74) is 1.14. The number of amides is 1. The molecule has 1 atom stereocenters. The maximum Gasteiger partial charge on any atom is 0.244 e. The van der Waals surface area contributed by atoms with E-state index in [1.54, 1.807) is 23.1 Å². The number of nitrogens with zero attached hydrogens (tertiary/aromatic N) is 2. The Morgan fingerprint density at radius 2 is 2.37 bits per heavy atom. The zero-order valence-corrected chi connectivity index (χ0v) is 11.6. The van der Waals surface area contributed by atoms with Crippen LogP contribution in [0.3, 0.4) is 0 Å². The first-order chi connectivity index (χ1) is 9.17. The average Bonchev–Trinajstić information content (AvgIpc) is 2.42. The van der Waals surface area contributed by atoms with Gasteiger partial charge in [0.2, 0.25) is 5.91 Å². The molecular weight excluding hydrogens is 262 g/mol. The van der Waals surface area contributed by atoms with Gasteiger partial charge < -0.3 is 10.2 Å². The second kappa shape index (κ2) is 6.05. The van der Waals surface area contributed by atoms with Crippen LogP contribution in [-0.2, 0) is 4.79 Å². The predicted molar refractivity (Wildman–Crippen MR) is 75.2 cm³/mol. The molecule has 0 saturated carbocycles. The molecule has 1 aliphatic heterocycles. The van der Waals surface area contributed by atoms with E-state index >= 15 is 0 Å². The summed E-state index contributed by atoms with van der Waals surface area (Å²) in [6.45, 7) is 3.39. The molecule has 0 radical (unpaired) electrons. The summed E-state index contributed by atoms with van der Waals surface area (Å²) in [5, 5.41) is 12.6. The number of benzene rings is 1. The number of rotatable bonds is 3. The Morgan fingerprint density at radius 3 is 3.05 bits per heavy atom. The zero-order valence-electron chi connectivity index (χ0n) is 10.8. The Morgan fingerprint density at radius 1 is 1.58 bits per heavy atom. The number of hydrogen-bond acceptors (Lipinski definition) is 3. The van der Waals surface area contributed by atoms with Gasteiger partial charge in [0.1, 0.15) is 0 Å². The number of nitriles is 1. The summed E-state index contributed by atoms with van der Waals surface area (Å²) >= 11 is 6.15. The van der Waals surface area contributed by atoms with Crippen molar-refractivity contribution in [3.63, 3.8) is 0 Å². The van der Waals surface area contributed by atoms with Crippen molar-refractivity contribution in [2.24, 2.45) is 0 Å². The molecule has 1 unspecified atom stereocenters. The van der Waals surface area contributed by atoms with Crippen LogP contribution in [0.25, 0.3) is 0 Å². The van der Waals surface area contributed by atoms with Crippen LogP contribution in [0.2, 0.25) is 5.02 Å². The molecule has 0 bridgehead atoms. The van der Waals surface area contributed by atoms with Crippen LogP contribution >= 0.6 is 11.6 Å². The Balaban J connectivity index is 2.30. The number of likely N-dealkylation sites (N-methyl/N-ethyl adjacent to an activating group) is 1. The molecular formula is C14H16ClN3O. The third-order valence-electron chi connectivity index (χ3n) is 3.26. The molecule has 0 spiro atoms. The predicted octanol–water partition coefficient (Wildman–Crippen LogP) is 2.32. The maximum atomic E-state index is 12.4. The van der Waals surface area contributed by atoms with Gasteiger partial charge in [-0.3, -0.25) is 4.79 Å². The van der Waals surface area contributed by atoms with Crippen LogP contribution in [0, 0.1) is 11.3 Å². The Labute approximate surface area is 118 Å². The van der Waals surface area contributed by atoms with Gasteiger partial charge in [-0.1, -0.05) is 18.5 Å². The molecule has 1 amide bonds. The number of carbonyl (C=O) groups is 1. The van der Waals surface area contributed by atoms with E-state index < -0.39 is 0 Å². The van der Waals surface area contributed by atoms with Gasteiger partial charge in [-0.15, -0.1) is 0 Å². The summed E-state index contributed by atoms with van der Waals surface area (Å²) in [7, 11) is 0. The number of nitrogens with one attached hydrogen (secondary N) is 1. The van der Waals surface area contributed by atoms with Gasteiger partial charge in [0, 0.05) is 6.54 Å². The van der Waals surface area contributed by atoms with Gasteiger partial charge >= 0.3 is 0 Å². The first-order valence-corrected chi connectivity index (χ1v) is 6.79. The van der Waals surface area contributed by atoms with Gasteiger partial charge in [0.15, 0.2) is 0 Å². The van der Waals surface area contributed by atoms with Crippen LogP contribution in [0.1, 0.15) is 25.3 Å². The molecule has 0 aromatic heterocycles. The standard InChI is InChI=1S/C14H16ClN3O/c1-2-17-12-4-3-7-18(14(12)19)13-8-10(9-16)5-6-11(13)15/h5-6,8,12,17H,2-4,7H2,1H3. The average molecular weight is 278 g/mol. The summed E-state index contributed by atoms with van der Waals surface area (Å²) in [6, 6.07) is 6.92. The molecule has 19 heavy (non-hydrogen) atoms. The molecule has 1 aliphatic rings. The minimum Gasteiger partial charge on any atom is -0.310 e. The van der Waals surface area contributed by atoms with E-state index in [1.165, 1.54) is 0 Å². The van der Waals surface area contributed by atoms with Crippen molar-refractivity contribution in [2.75, 3.05) is 18.0 Å². The Hall–Kier alpha value is -1.57. The molecule has 1 aromatic carbocycles. The van der Waals surface area contributed by atoms with E-state index in [1.807, 2.05) is 6.92 Å². The third-order valence-corrected chi connectivity index (χ3v) is 3.57. The monoisotopic (exact) mass is 277 g/mol. The SMILES string of the molecule is CCNC1CCCN(c2cc(C#N)ccc2Cl)C1=O. The second-order valence-corrected chi connectivity index (χ2v) is 4.93. The number of halogens is 1. The first-order valence-electron chi connectivity index (χ1n) is 6.41. The molecule has 100 valence electrons. The molecule has 5 heteroatoms. The number of carbonyl (C=O) groups excluding carboxylic acids is 1. The highest BCUT2D eigenvalue weighted by molar-refractivity contribution is 6.34. The molecule has 4 nitrogen and oxygen atoms in total. The molecule has 1 aromatic rings. The highest BCUT2D eigenvalue weighted by Gasteiger charge is 2.30. The van der Waals surface area contributed by atoms with E-state index in [-0.39, 0.29) is 11.9 Å². The van der Waals surface area contributed by atoms with E-state index in [0.29, 0.717) is 22.8 Å². The van der Waals surface area contributed by atoms with E-state index in [9.17, 15) is 4.79 Å². The maximum absolute atomic E-state index is 12.4. The minimum atomic E-state index is -0.152. The summed E-state index contributed by atoms with van der Waals surface area (Å²) in [5.74, 6) is 0.0325. The lowest BCUT2D eigenvalue weighted by molar-refractivity contribution is -0.121. The highest BCUT2D eigenvalue weighted by Crippen LogP contribution is 2.29. The van der Waals surface area contributed by atoms with Crippen LogP contribution in [-0.4, -0.2) is 25.0 Å². The van der Waals surface area contributed by atoms with Gasteiger partial charge in [0.05, 0.1) is 28.4 Å². The highest BCUT2D eigenvalue weighted by atomic mass is 35.5. The van der Waals surface area contributed by atoms with Crippen LogP contribution in [0.5, 0.6) is 0 Å². The third kappa shape index (κ3) is 2.89. The fourth-order valence-corrected chi connectivity index (χ4v) is 2.56. The topological polar surface area (TPSA) is 56.1 Å². The van der Waals surface area contributed by atoms with Crippen molar-refractivity contribution in [1.82, 2.24) is 5.32 Å². The lowest BCUT2D eigenvalue weighted by Crippen LogP contribution is -2.50. The smallest absolute Gasteiger partial charge is 0.244 e. The van der Waals surface area contributed by atoms with Crippen LogP contribution in [0.15, 0.2) is 18.2 Å². The van der Waals surface area contributed by atoms with Gasteiger partial charge in [-0.25, -0.2) is 0 Å². The summed E-state index contributed by atoms with van der Waals surface area (Å²) in [4.78, 5) is 14.1. The number of piperidine rings is 1. The lowest BCUT2D eigenvalue weighted by atomic mass is 10.0. The van der Waals surface area contributed by atoms with E-state index in [4.69, 9.17) is 16.9 Å². The lowest BCUT2D eigenvalue weighted by Gasteiger charge is -2.33. The first kappa shape index (κ1) is 13.9.